The number of halogens is 1. The van der Waals surface area contributed by atoms with Gasteiger partial charge in [0.15, 0.2) is 0 Å². The molecule has 3 aromatic rings. The van der Waals surface area contributed by atoms with E-state index in [9.17, 15) is 0 Å². The van der Waals surface area contributed by atoms with Crippen LogP contribution in [0.4, 0.5) is 11.4 Å². The highest BCUT2D eigenvalue weighted by atomic mass is 35.5. The van der Waals surface area contributed by atoms with Gasteiger partial charge in [0.05, 0.1) is 11.4 Å². The predicted molar refractivity (Wildman–Crippen MR) is 97.4 cm³/mol. The van der Waals surface area contributed by atoms with Crippen LogP contribution in [-0.4, -0.2) is 0 Å². The monoisotopic (exact) mass is 319 g/mol. The number of fused-ring (bicyclic) bond motifs is 1. The fraction of sp³-hybridized carbons (Fsp3) is 0.0500. The summed E-state index contributed by atoms with van der Waals surface area (Å²) < 4.78 is 0. The number of nitrogens with zero attached hydrogens (tertiary/aromatic N) is 1. The van der Waals surface area contributed by atoms with Crippen molar-refractivity contribution in [3.05, 3.63) is 90.1 Å². The van der Waals surface area contributed by atoms with Crippen LogP contribution in [0.5, 0.6) is 0 Å². The SMILES string of the molecule is Clc1cccc(-c2ccc3c(c2)N(Cc2ccccc2)[CH]N3)c1. The van der Waals surface area contributed by atoms with E-state index in [0.29, 0.717) is 0 Å². The van der Waals surface area contributed by atoms with E-state index in [1.807, 2.05) is 30.9 Å². The van der Waals surface area contributed by atoms with E-state index < -0.39 is 0 Å². The van der Waals surface area contributed by atoms with Crippen LogP contribution in [0.1, 0.15) is 5.56 Å². The fourth-order valence-electron chi connectivity index (χ4n) is 2.87. The van der Waals surface area contributed by atoms with E-state index in [1.165, 1.54) is 16.8 Å². The number of hydrogen-bond donors (Lipinski definition) is 1. The maximum Gasteiger partial charge on any atom is 0.139 e. The van der Waals surface area contributed by atoms with Crippen LogP contribution in [-0.2, 0) is 6.54 Å². The molecule has 1 N–H and O–H groups in total. The Morgan fingerprint density at radius 1 is 0.826 bits per heavy atom. The zero-order valence-electron chi connectivity index (χ0n) is 12.5. The molecule has 0 saturated heterocycles. The van der Waals surface area contributed by atoms with Crippen LogP contribution in [0.3, 0.4) is 0 Å². The molecule has 0 aliphatic carbocycles. The van der Waals surface area contributed by atoms with Crippen molar-refractivity contribution >= 4 is 23.0 Å². The second-order valence-electron chi connectivity index (χ2n) is 5.63. The van der Waals surface area contributed by atoms with Crippen molar-refractivity contribution in [3.8, 4) is 11.1 Å². The Labute approximate surface area is 141 Å². The van der Waals surface area contributed by atoms with E-state index in [4.69, 9.17) is 11.6 Å². The highest BCUT2D eigenvalue weighted by Gasteiger charge is 2.19. The molecule has 4 rings (SSSR count). The molecular weight excluding hydrogens is 304 g/mol. The van der Waals surface area contributed by atoms with Crippen LogP contribution < -0.4 is 10.2 Å². The van der Waals surface area contributed by atoms with E-state index in [0.717, 1.165) is 22.8 Å². The topological polar surface area (TPSA) is 15.3 Å². The normalized spacial score (nSPS) is 12.8. The quantitative estimate of drug-likeness (QED) is 0.680. The summed E-state index contributed by atoms with van der Waals surface area (Å²) in [5, 5.41) is 4.09. The van der Waals surface area contributed by atoms with Gasteiger partial charge in [0, 0.05) is 11.6 Å². The summed E-state index contributed by atoms with van der Waals surface area (Å²) in [5.41, 5.74) is 5.90. The molecule has 0 spiro atoms. The highest BCUT2D eigenvalue weighted by Crippen LogP contribution is 2.37. The molecule has 3 aromatic carbocycles. The Kier molecular flexibility index (Phi) is 3.68. The van der Waals surface area contributed by atoms with E-state index >= 15 is 0 Å². The van der Waals surface area contributed by atoms with Crippen LogP contribution in [0.25, 0.3) is 11.1 Å². The minimum atomic E-state index is 0.758. The molecule has 3 heteroatoms. The lowest BCUT2D eigenvalue weighted by Gasteiger charge is -2.18. The molecule has 0 aromatic heterocycles. The van der Waals surface area contributed by atoms with Gasteiger partial charge >= 0.3 is 0 Å². The minimum absolute atomic E-state index is 0.758. The summed E-state index contributed by atoms with van der Waals surface area (Å²) in [6, 6.07) is 24.9. The molecule has 113 valence electrons. The zero-order valence-corrected chi connectivity index (χ0v) is 13.3. The number of benzene rings is 3. The van der Waals surface area contributed by atoms with Gasteiger partial charge in [-0.25, -0.2) is 0 Å². The molecule has 0 saturated carbocycles. The average Bonchev–Trinajstić information content (AvgIpc) is 2.98. The maximum atomic E-state index is 6.12. The molecule has 0 atom stereocenters. The van der Waals surface area contributed by atoms with E-state index in [1.54, 1.807) is 0 Å². The number of anilines is 2. The smallest absolute Gasteiger partial charge is 0.139 e. The molecule has 0 bridgehead atoms. The Hall–Kier alpha value is -2.45. The van der Waals surface area contributed by atoms with Gasteiger partial charge in [0.25, 0.3) is 0 Å². The first kappa shape index (κ1) is 14.2. The third-order valence-corrected chi connectivity index (χ3v) is 4.27. The van der Waals surface area contributed by atoms with Gasteiger partial charge < -0.3 is 10.2 Å². The van der Waals surface area contributed by atoms with Gasteiger partial charge in [-0.2, -0.15) is 0 Å². The van der Waals surface area contributed by atoms with Gasteiger partial charge in [-0.1, -0.05) is 60.1 Å². The molecule has 23 heavy (non-hydrogen) atoms. The van der Waals surface area contributed by atoms with Gasteiger partial charge in [0.2, 0.25) is 0 Å². The molecule has 0 amide bonds. The number of rotatable bonds is 3. The molecule has 1 aliphatic rings. The van der Waals surface area contributed by atoms with Gasteiger partial charge in [-0.3, -0.25) is 0 Å². The first-order valence-corrected chi connectivity index (χ1v) is 7.98. The summed E-state index contributed by atoms with van der Waals surface area (Å²) in [5.74, 6) is 0. The second kappa shape index (κ2) is 5.98. The Morgan fingerprint density at radius 2 is 1.65 bits per heavy atom. The Bertz CT molecular complexity index is 830. The highest BCUT2D eigenvalue weighted by molar-refractivity contribution is 6.30. The van der Waals surface area contributed by atoms with Crippen LogP contribution >= 0.6 is 11.6 Å². The van der Waals surface area contributed by atoms with Crippen molar-refractivity contribution in [2.24, 2.45) is 0 Å². The standard InChI is InChI=1S/C20H16ClN2/c21-18-8-4-7-16(11-18)17-9-10-19-20(12-17)23(14-22-19)13-15-5-2-1-3-6-15/h1-12,14,22H,13H2. The molecule has 1 heterocycles. The summed E-state index contributed by atoms with van der Waals surface area (Å²) in [6.07, 6.45) is 0. The van der Waals surface area contributed by atoms with Gasteiger partial charge in [0.1, 0.15) is 6.67 Å². The third-order valence-electron chi connectivity index (χ3n) is 4.04. The molecule has 2 nitrogen and oxygen atoms in total. The van der Waals surface area contributed by atoms with Crippen LogP contribution in [0, 0.1) is 6.67 Å². The Balaban J connectivity index is 1.66. The lowest BCUT2D eigenvalue weighted by atomic mass is 10.0. The molecule has 1 radical (unpaired) electrons. The summed E-state index contributed by atoms with van der Waals surface area (Å²) in [6.45, 7) is 2.87. The van der Waals surface area contributed by atoms with Crippen LogP contribution in [0.2, 0.25) is 5.02 Å². The average molecular weight is 320 g/mol. The van der Waals surface area contributed by atoms with Crippen molar-refractivity contribution < 1.29 is 0 Å². The fourth-order valence-corrected chi connectivity index (χ4v) is 3.06. The van der Waals surface area contributed by atoms with Gasteiger partial charge in [-0.15, -0.1) is 0 Å². The number of hydrogen-bond acceptors (Lipinski definition) is 2. The summed E-state index contributed by atoms with van der Waals surface area (Å²) in [7, 11) is 0. The first-order chi connectivity index (χ1) is 11.3. The minimum Gasteiger partial charge on any atom is -0.360 e. The summed E-state index contributed by atoms with van der Waals surface area (Å²) in [4.78, 5) is 2.23. The van der Waals surface area contributed by atoms with Crippen LogP contribution in [0.15, 0.2) is 72.8 Å². The van der Waals surface area contributed by atoms with Crippen molar-refractivity contribution in [1.29, 1.82) is 0 Å². The Morgan fingerprint density at radius 3 is 2.48 bits per heavy atom. The van der Waals surface area contributed by atoms with Crippen molar-refractivity contribution in [2.75, 3.05) is 10.2 Å². The van der Waals surface area contributed by atoms with E-state index in [2.05, 4.69) is 58.7 Å². The zero-order chi connectivity index (χ0) is 15.6. The molecular formula is C20H16ClN2. The summed E-state index contributed by atoms with van der Waals surface area (Å²) >= 11 is 6.12. The number of nitrogens with one attached hydrogen (secondary N) is 1. The molecule has 0 fully saturated rings. The predicted octanol–water partition coefficient (Wildman–Crippen LogP) is 5.56. The maximum absolute atomic E-state index is 6.12. The van der Waals surface area contributed by atoms with Crippen molar-refractivity contribution in [3.63, 3.8) is 0 Å². The largest absolute Gasteiger partial charge is 0.360 e. The van der Waals surface area contributed by atoms with Crippen molar-refractivity contribution in [1.82, 2.24) is 0 Å². The second-order valence-corrected chi connectivity index (χ2v) is 6.07. The third kappa shape index (κ3) is 2.90. The van der Waals surface area contributed by atoms with Gasteiger partial charge in [-0.05, 0) is 41.0 Å². The molecule has 0 unspecified atom stereocenters. The lowest BCUT2D eigenvalue weighted by molar-refractivity contribution is 0.941. The molecule has 1 aliphatic heterocycles. The first-order valence-electron chi connectivity index (χ1n) is 7.60. The lowest BCUT2D eigenvalue weighted by Crippen LogP contribution is -2.16. The van der Waals surface area contributed by atoms with E-state index in [-0.39, 0.29) is 0 Å². The van der Waals surface area contributed by atoms with Crippen molar-refractivity contribution in [2.45, 2.75) is 6.54 Å².